The Hall–Kier alpha value is -2.64. The maximum absolute atomic E-state index is 12.7. The van der Waals surface area contributed by atoms with Gasteiger partial charge in [0, 0.05) is 16.4 Å². The van der Waals surface area contributed by atoms with Crippen LogP contribution < -0.4 is 11.2 Å². The van der Waals surface area contributed by atoms with E-state index in [-0.39, 0.29) is 43.5 Å². The topological polar surface area (TPSA) is 145 Å². The van der Waals surface area contributed by atoms with Crippen molar-refractivity contribution in [1.29, 1.82) is 0 Å². The fraction of sp³-hybridized carbons (Fsp3) is 0.381. The highest BCUT2D eigenvalue weighted by Gasteiger charge is 2.28. The number of hydrogen-bond donors (Lipinski definition) is 5. The Labute approximate surface area is 198 Å². The molecule has 0 radical (unpaired) electrons. The highest BCUT2D eigenvalue weighted by molar-refractivity contribution is 14.1. The van der Waals surface area contributed by atoms with E-state index in [0.717, 1.165) is 14.8 Å². The van der Waals surface area contributed by atoms with Gasteiger partial charge in [0.2, 0.25) is 11.8 Å². The van der Waals surface area contributed by atoms with Gasteiger partial charge in [0.05, 0.1) is 30.8 Å². The number of carbonyl (C=O) groups is 1. The zero-order valence-corrected chi connectivity index (χ0v) is 19.9. The van der Waals surface area contributed by atoms with Crippen molar-refractivity contribution in [1.82, 2.24) is 25.0 Å². The first-order valence-corrected chi connectivity index (χ1v) is 11.2. The van der Waals surface area contributed by atoms with Crippen molar-refractivity contribution in [2.45, 2.75) is 32.7 Å². The average Bonchev–Trinajstić information content (AvgIpc) is 3.34. The van der Waals surface area contributed by atoms with E-state index in [1.165, 1.54) is 4.57 Å². The molecule has 0 saturated heterocycles. The van der Waals surface area contributed by atoms with Gasteiger partial charge in [-0.3, -0.25) is 14.2 Å². The lowest BCUT2D eigenvalue weighted by molar-refractivity contribution is -0.134. The van der Waals surface area contributed by atoms with Crippen molar-refractivity contribution in [3.63, 3.8) is 0 Å². The number of rotatable bonds is 10. The molecule has 0 saturated carbocycles. The van der Waals surface area contributed by atoms with Gasteiger partial charge in [0.25, 0.3) is 0 Å². The molecule has 32 heavy (non-hydrogen) atoms. The van der Waals surface area contributed by atoms with E-state index in [1.807, 2.05) is 38.1 Å². The largest absolute Gasteiger partial charge is 0.493 e. The Bertz CT molecular complexity index is 1100. The maximum atomic E-state index is 12.7. The summed E-state index contributed by atoms with van der Waals surface area (Å²) in [5.41, 5.74) is 3.73. The molecule has 0 spiro atoms. The van der Waals surface area contributed by atoms with Crippen molar-refractivity contribution in [3.05, 3.63) is 56.0 Å². The van der Waals surface area contributed by atoms with E-state index in [4.69, 9.17) is 9.94 Å². The molecule has 0 unspecified atom stereocenters. The molecule has 0 bridgehead atoms. The minimum absolute atomic E-state index is 0.0109. The number of H-pyrrole nitrogens is 2. The summed E-state index contributed by atoms with van der Waals surface area (Å²) >= 11 is 2.24. The Morgan fingerprint density at radius 2 is 2.00 bits per heavy atom. The molecular weight excluding hydrogens is 529 g/mol. The van der Waals surface area contributed by atoms with Crippen molar-refractivity contribution >= 4 is 28.5 Å². The molecule has 3 aromatic rings. The van der Waals surface area contributed by atoms with E-state index < -0.39 is 17.6 Å². The number of aliphatic hydroxyl groups excluding tert-OH is 1. The van der Waals surface area contributed by atoms with Gasteiger partial charge in [-0.15, -0.1) is 0 Å². The number of aromatic amines is 2. The predicted octanol–water partition coefficient (Wildman–Crippen LogP) is 2.09. The van der Waals surface area contributed by atoms with Crippen LogP contribution in [0.4, 0.5) is 0 Å². The monoisotopic (exact) mass is 555 g/mol. The summed E-state index contributed by atoms with van der Waals surface area (Å²) in [7, 11) is 0. The number of amides is 1. The molecule has 1 atom stereocenters. The number of aryl methyl sites for hydroxylation is 1. The highest BCUT2D eigenvalue weighted by Crippen LogP contribution is 2.30. The Morgan fingerprint density at radius 1 is 1.28 bits per heavy atom. The fourth-order valence-electron chi connectivity index (χ4n) is 3.39. The highest BCUT2D eigenvalue weighted by atomic mass is 127. The number of nitrogens with zero attached hydrogens (tertiary/aromatic N) is 2. The first kappa shape index (κ1) is 24.0. The van der Waals surface area contributed by atoms with E-state index in [2.05, 4.69) is 43.0 Å². The van der Waals surface area contributed by atoms with Crippen LogP contribution in [-0.4, -0.2) is 48.9 Å². The fourth-order valence-corrected chi connectivity index (χ4v) is 3.74. The molecular formula is C21H26IN5O5. The van der Waals surface area contributed by atoms with Gasteiger partial charge in [-0.1, -0.05) is 26.0 Å². The maximum Gasteiger partial charge on any atom is 0.329 e. The quantitative estimate of drug-likeness (QED) is 0.147. The number of aliphatic hydroxyl groups is 1. The van der Waals surface area contributed by atoms with Crippen LogP contribution in [0.2, 0.25) is 0 Å². The summed E-state index contributed by atoms with van der Waals surface area (Å²) in [5.74, 6) is -0.176. The minimum atomic E-state index is -0.535. The summed E-state index contributed by atoms with van der Waals surface area (Å²) in [4.78, 5) is 39.7. The third-order valence-corrected chi connectivity index (χ3v) is 5.62. The number of hydroxylamine groups is 1. The second-order valence-corrected chi connectivity index (χ2v) is 8.82. The minimum Gasteiger partial charge on any atom is -0.493 e. The number of aromatic nitrogens is 4. The number of carbonyl (C=O) groups excluding carboxylic acids is 1. The predicted molar refractivity (Wildman–Crippen MR) is 126 cm³/mol. The van der Waals surface area contributed by atoms with Crippen LogP contribution in [0.25, 0.3) is 11.3 Å². The van der Waals surface area contributed by atoms with E-state index in [1.54, 1.807) is 6.20 Å². The smallest absolute Gasteiger partial charge is 0.329 e. The van der Waals surface area contributed by atoms with Gasteiger partial charge >= 0.3 is 5.69 Å². The van der Waals surface area contributed by atoms with Gasteiger partial charge in [-0.25, -0.2) is 15.3 Å². The molecule has 0 aliphatic rings. The van der Waals surface area contributed by atoms with Gasteiger partial charge in [-0.2, -0.15) is 0 Å². The molecule has 172 valence electrons. The number of halogens is 1. The number of nitrogens with one attached hydrogen (secondary N) is 3. The molecule has 2 aromatic heterocycles. The van der Waals surface area contributed by atoms with Crippen LogP contribution >= 0.6 is 22.6 Å². The number of aromatic hydroxyl groups is 1. The van der Waals surface area contributed by atoms with Crippen LogP contribution in [0.3, 0.4) is 0 Å². The zero-order chi connectivity index (χ0) is 23.3. The number of benzene rings is 1. The first-order chi connectivity index (χ1) is 15.3. The molecule has 1 amide bonds. The molecule has 5 N–H and O–H groups in total. The van der Waals surface area contributed by atoms with E-state index >= 15 is 0 Å². The lowest BCUT2D eigenvalue weighted by Crippen LogP contribution is -2.27. The SMILES string of the molecule is CC(C)[C@@H](c1ncc(-c2ccc(I)cc2)[nH]1)n1c(O)c(CCC(=O)NOCCO)[nH]c1=O. The molecule has 3 rings (SSSR count). The summed E-state index contributed by atoms with van der Waals surface area (Å²) in [6.45, 7) is 3.63. The molecule has 11 heteroatoms. The molecule has 0 fully saturated rings. The van der Waals surface area contributed by atoms with Crippen molar-refractivity contribution in [2.24, 2.45) is 5.92 Å². The second kappa shape index (κ2) is 10.8. The lowest BCUT2D eigenvalue weighted by Gasteiger charge is -2.20. The zero-order valence-electron chi connectivity index (χ0n) is 17.8. The van der Waals surface area contributed by atoms with E-state index in [9.17, 15) is 14.7 Å². The first-order valence-electron chi connectivity index (χ1n) is 10.2. The lowest BCUT2D eigenvalue weighted by atomic mass is 10.0. The molecule has 1 aromatic carbocycles. The van der Waals surface area contributed by atoms with Crippen LogP contribution in [0.1, 0.15) is 37.8 Å². The van der Waals surface area contributed by atoms with Crippen molar-refractivity contribution in [3.8, 4) is 17.1 Å². The van der Waals surface area contributed by atoms with Gasteiger partial charge < -0.3 is 20.2 Å². The van der Waals surface area contributed by atoms with Crippen molar-refractivity contribution < 1.29 is 19.8 Å². The molecule has 10 nitrogen and oxygen atoms in total. The van der Waals surface area contributed by atoms with Crippen molar-refractivity contribution in [2.75, 3.05) is 13.2 Å². The third kappa shape index (κ3) is 5.58. The standard InChI is InChI=1S/C21H26IN5O5/c1-12(2)18(19-23-11-16(24-19)13-3-5-14(22)6-4-13)27-20(30)15(25-21(27)31)7-8-17(29)26-32-10-9-28/h3-6,11-12,18,28,30H,7-10H2,1-2H3,(H,23,24)(H,25,31)(H,26,29)/t18-/m0/s1. The van der Waals surface area contributed by atoms with Gasteiger partial charge in [-0.05, 0) is 46.2 Å². The van der Waals surface area contributed by atoms with Crippen LogP contribution in [-0.2, 0) is 16.1 Å². The Morgan fingerprint density at radius 3 is 2.66 bits per heavy atom. The van der Waals surface area contributed by atoms with Gasteiger partial charge in [0.1, 0.15) is 11.9 Å². The number of imidazole rings is 2. The summed E-state index contributed by atoms with van der Waals surface area (Å²) in [6, 6.07) is 7.42. The Balaban J connectivity index is 1.82. The number of hydrogen-bond acceptors (Lipinski definition) is 6. The van der Waals surface area contributed by atoms with Crippen LogP contribution in [0.5, 0.6) is 5.88 Å². The molecule has 0 aliphatic carbocycles. The van der Waals surface area contributed by atoms with E-state index in [0.29, 0.717) is 5.82 Å². The Kier molecular flexibility index (Phi) is 8.10. The third-order valence-electron chi connectivity index (χ3n) is 4.90. The molecule has 0 aliphatic heterocycles. The summed E-state index contributed by atoms with van der Waals surface area (Å²) in [5, 5.41) is 19.4. The average molecular weight is 555 g/mol. The normalized spacial score (nSPS) is 12.3. The van der Waals surface area contributed by atoms with Crippen LogP contribution in [0.15, 0.2) is 35.3 Å². The van der Waals surface area contributed by atoms with Gasteiger partial charge in [0.15, 0.2) is 0 Å². The van der Waals surface area contributed by atoms with Crippen LogP contribution in [0, 0.1) is 9.49 Å². The summed E-state index contributed by atoms with van der Waals surface area (Å²) in [6.07, 6.45) is 1.81. The second-order valence-electron chi connectivity index (χ2n) is 7.58. The molecule has 2 heterocycles. The summed E-state index contributed by atoms with van der Waals surface area (Å²) < 4.78 is 2.38.